The van der Waals surface area contributed by atoms with Gasteiger partial charge in [0, 0.05) is 34.7 Å². The van der Waals surface area contributed by atoms with Crippen LogP contribution in [0.2, 0.25) is 5.02 Å². The Labute approximate surface area is 153 Å². The van der Waals surface area contributed by atoms with Gasteiger partial charge in [0.15, 0.2) is 0 Å². The van der Waals surface area contributed by atoms with E-state index in [1.54, 1.807) is 0 Å². The molecule has 0 spiro atoms. The normalized spacial score (nSPS) is 14.8. The molecule has 0 saturated heterocycles. The van der Waals surface area contributed by atoms with Crippen molar-refractivity contribution in [3.05, 3.63) is 52.3 Å². The van der Waals surface area contributed by atoms with Crippen LogP contribution >= 0.6 is 24.0 Å². The van der Waals surface area contributed by atoms with Crippen LogP contribution in [0.5, 0.6) is 0 Å². The summed E-state index contributed by atoms with van der Waals surface area (Å²) in [6.45, 7) is 4.46. The highest BCUT2D eigenvalue weighted by Crippen LogP contribution is 2.32. The van der Waals surface area contributed by atoms with Gasteiger partial charge < -0.3 is 15.6 Å². The molecular formula is C18H23Cl2N3O. The SMILES string of the molecule is Cc1cc(C(=O)NC(CN)C2CC2)c(C)n1-c1ccc(Cl)cc1.Cl. The fraction of sp³-hybridized carbons (Fsp3) is 0.389. The minimum atomic E-state index is -0.0411. The minimum Gasteiger partial charge on any atom is -0.348 e. The monoisotopic (exact) mass is 367 g/mol. The van der Waals surface area contributed by atoms with Crippen molar-refractivity contribution in [3.63, 3.8) is 0 Å². The van der Waals surface area contributed by atoms with Crippen molar-refractivity contribution in [2.75, 3.05) is 6.54 Å². The molecule has 1 aromatic carbocycles. The standard InChI is InChI=1S/C18H22ClN3O.ClH/c1-11-9-16(18(23)21-17(10-20)13-3-4-13)12(2)22(11)15-7-5-14(19)6-8-15;/h5-9,13,17H,3-4,10,20H2,1-2H3,(H,21,23);1H. The van der Waals surface area contributed by atoms with Gasteiger partial charge in [0.05, 0.1) is 5.56 Å². The first kappa shape index (κ1) is 18.8. The number of nitrogens with one attached hydrogen (secondary N) is 1. The zero-order valence-corrected chi connectivity index (χ0v) is 15.5. The number of carbonyl (C=O) groups is 1. The summed E-state index contributed by atoms with van der Waals surface area (Å²) in [6, 6.07) is 9.63. The third kappa shape index (κ3) is 3.77. The fourth-order valence-corrected chi connectivity index (χ4v) is 3.22. The average Bonchev–Trinajstić information content (AvgIpc) is 3.32. The van der Waals surface area contributed by atoms with Crippen LogP contribution in [-0.4, -0.2) is 23.1 Å². The number of benzene rings is 1. The lowest BCUT2D eigenvalue weighted by Crippen LogP contribution is -2.41. The molecule has 2 aromatic rings. The molecule has 3 rings (SSSR count). The van der Waals surface area contributed by atoms with Crippen molar-refractivity contribution >= 4 is 29.9 Å². The number of nitrogens with two attached hydrogens (primary N) is 1. The highest BCUT2D eigenvalue weighted by molar-refractivity contribution is 6.30. The van der Waals surface area contributed by atoms with Crippen LogP contribution in [0.25, 0.3) is 5.69 Å². The molecule has 130 valence electrons. The molecule has 1 aliphatic carbocycles. The van der Waals surface area contributed by atoms with Crippen molar-refractivity contribution in [3.8, 4) is 5.69 Å². The topological polar surface area (TPSA) is 60.1 Å². The third-order valence-electron chi connectivity index (χ3n) is 4.52. The van der Waals surface area contributed by atoms with Crippen LogP contribution in [0.15, 0.2) is 30.3 Å². The number of carbonyl (C=O) groups excluding carboxylic acids is 1. The van der Waals surface area contributed by atoms with Crippen LogP contribution in [0.4, 0.5) is 0 Å². The molecule has 0 bridgehead atoms. The summed E-state index contributed by atoms with van der Waals surface area (Å²) in [5, 5.41) is 3.79. The summed E-state index contributed by atoms with van der Waals surface area (Å²) in [5.41, 5.74) is 9.44. The Balaban J connectivity index is 0.00000208. The van der Waals surface area contributed by atoms with Gasteiger partial charge in [0.2, 0.25) is 0 Å². The molecule has 1 saturated carbocycles. The summed E-state index contributed by atoms with van der Waals surface area (Å²) in [6.07, 6.45) is 2.32. The van der Waals surface area contributed by atoms with Gasteiger partial charge in [-0.25, -0.2) is 0 Å². The minimum absolute atomic E-state index is 0. The van der Waals surface area contributed by atoms with Gasteiger partial charge in [-0.05, 0) is 62.9 Å². The van der Waals surface area contributed by atoms with Crippen molar-refractivity contribution in [2.45, 2.75) is 32.7 Å². The van der Waals surface area contributed by atoms with Crippen LogP contribution in [-0.2, 0) is 0 Å². The Morgan fingerprint density at radius 1 is 1.33 bits per heavy atom. The maximum Gasteiger partial charge on any atom is 0.253 e. The van der Waals surface area contributed by atoms with E-state index in [0.717, 1.165) is 29.9 Å². The van der Waals surface area contributed by atoms with Crippen molar-refractivity contribution in [1.82, 2.24) is 9.88 Å². The summed E-state index contributed by atoms with van der Waals surface area (Å²) in [7, 11) is 0. The number of nitrogens with zero attached hydrogens (tertiary/aromatic N) is 1. The lowest BCUT2D eigenvalue weighted by atomic mass is 10.1. The first-order valence-corrected chi connectivity index (χ1v) is 8.35. The number of amides is 1. The molecule has 6 heteroatoms. The number of hydrogen-bond acceptors (Lipinski definition) is 2. The van der Waals surface area contributed by atoms with Crippen LogP contribution in [0, 0.1) is 19.8 Å². The Kier molecular flexibility index (Phi) is 5.97. The Bertz CT molecular complexity index is 721. The highest BCUT2D eigenvalue weighted by atomic mass is 35.5. The lowest BCUT2D eigenvalue weighted by Gasteiger charge is -2.16. The summed E-state index contributed by atoms with van der Waals surface area (Å²) < 4.78 is 2.07. The molecule has 1 unspecified atom stereocenters. The van der Waals surface area contributed by atoms with Crippen LogP contribution in [0.1, 0.15) is 34.6 Å². The zero-order valence-electron chi connectivity index (χ0n) is 13.9. The van der Waals surface area contributed by atoms with E-state index < -0.39 is 0 Å². The molecule has 4 nitrogen and oxygen atoms in total. The predicted octanol–water partition coefficient (Wildman–Crippen LogP) is 3.64. The number of halogens is 2. The molecule has 0 aliphatic heterocycles. The number of aromatic nitrogens is 1. The van der Waals surface area contributed by atoms with Gasteiger partial charge >= 0.3 is 0 Å². The molecule has 0 radical (unpaired) electrons. The third-order valence-corrected chi connectivity index (χ3v) is 4.77. The van der Waals surface area contributed by atoms with Crippen molar-refractivity contribution in [1.29, 1.82) is 0 Å². The van der Waals surface area contributed by atoms with Crippen molar-refractivity contribution < 1.29 is 4.79 Å². The number of aryl methyl sites for hydroxylation is 1. The maximum absolute atomic E-state index is 12.6. The molecule has 1 atom stereocenters. The highest BCUT2D eigenvalue weighted by Gasteiger charge is 2.32. The van der Waals surface area contributed by atoms with Gasteiger partial charge in [-0.15, -0.1) is 12.4 Å². The summed E-state index contributed by atoms with van der Waals surface area (Å²) >= 11 is 5.96. The van der Waals surface area contributed by atoms with E-state index in [-0.39, 0.29) is 24.4 Å². The van der Waals surface area contributed by atoms with Crippen LogP contribution < -0.4 is 11.1 Å². The Hall–Kier alpha value is -1.49. The lowest BCUT2D eigenvalue weighted by molar-refractivity contribution is 0.0933. The Morgan fingerprint density at radius 3 is 2.50 bits per heavy atom. The average molecular weight is 368 g/mol. The maximum atomic E-state index is 12.6. The quantitative estimate of drug-likeness (QED) is 0.847. The molecule has 1 heterocycles. The number of rotatable bonds is 5. The fourth-order valence-electron chi connectivity index (χ4n) is 3.09. The largest absolute Gasteiger partial charge is 0.348 e. The van der Waals surface area contributed by atoms with E-state index in [4.69, 9.17) is 17.3 Å². The van der Waals surface area contributed by atoms with E-state index in [9.17, 15) is 4.79 Å². The van der Waals surface area contributed by atoms with E-state index in [0.29, 0.717) is 23.0 Å². The summed E-state index contributed by atoms with van der Waals surface area (Å²) in [4.78, 5) is 12.6. The zero-order chi connectivity index (χ0) is 16.6. The first-order chi connectivity index (χ1) is 11.0. The van der Waals surface area contributed by atoms with Crippen molar-refractivity contribution in [2.24, 2.45) is 11.7 Å². The summed E-state index contributed by atoms with van der Waals surface area (Å²) in [5.74, 6) is 0.504. The van der Waals surface area contributed by atoms with E-state index in [1.165, 1.54) is 0 Å². The second kappa shape index (κ2) is 7.60. The molecule has 1 aliphatic rings. The second-order valence-corrected chi connectivity index (χ2v) is 6.69. The first-order valence-electron chi connectivity index (χ1n) is 7.97. The van der Waals surface area contributed by atoms with Gasteiger partial charge in [0.1, 0.15) is 0 Å². The van der Waals surface area contributed by atoms with E-state index in [1.807, 2.05) is 44.2 Å². The van der Waals surface area contributed by atoms with Gasteiger partial charge in [-0.2, -0.15) is 0 Å². The Morgan fingerprint density at radius 2 is 1.96 bits per heavy atom. The molecule has 1 amide bonds. The molecule has 1 fully saturated rings. The molecule has 1 aromatic heterocycles. The predicted molar refractivity (Wildman–Crippen MR) is 101 cm³/mol. The van der Waals surface area contributed by atoms with Crippen LogP contribution in [0.3, 0.4) is 0 Å². The van der Waals surface area contributed by atoms with Gasteiger partial charge in [0.25, 0.3) is 5.91 Å². The van der Waals surface area contributed by atoms with E-state index in [2.05, 4.69) is 9.88 Å². The molecule has 24 heavy (non-hydrogen) atoms. The van der Waals surface area contributed by atoms with E-state index >= 15 is 0 Å². The second-order valence-electron chi connectivity index (χ2n) is 6.25. The molecular weight excluding hydrogens is 345 g/mol. The molecule has 3 N–H and O–H groups in total. The smallest absolute Gasteiger partial charge is 0.253 e. The van der Waals surface area contributed by atoms with Gasteiger partial charge in [-0.3, -0.25) is 4.79 Å². The number of hydrogen-bond donors (Lipinski definition) is 2. The van der Waals surface area contributed by atoms with Gasteiger partial charge in [-0.1, -0.05) is 11.6 Å².